The Kier molecular flexibility index (Phi) is 7.60. The SMILES string of the molecule is CC(C)CS(=O)CC(=O)N(C)CCCN. The van der Waals surface area contributed by atoms with E-state index in [1.807, 2.05) is 13.8 Å². The molecule has 0 spiro atoms. The van der Waals surface area contributed by atoms with Crippen molar-refractivity contribution in [2.24, 2.45) is 11.7 Å². The van der Waals surface area contributed by atoms with Crippen LogP contribution in [0.15, 0.2) is 0 Å². The van der Waals surface area contributed by atoms with Gasteiger partial charge in [0.15, 0.2) is 0 Å². The first kappa shape index (κ1) is 14.6. The van der Waals surface area contributed by atoms with Crippen LogP contribution in [0, 0.1) is 5.92 Å². The largest absolute Gasteiger partial charge is 0.345 e. The molecule has 0 heterocycles. The Balaban J connectivity index is 3.85. The molecule has 0 radical (unpaired) electrons. The first-order valence-corrected chi connectivity index (χ1v) is 6.75. The summed E-state index contributed by atoms with van der Waals surface area (Å²) in [7, 11) is 0.698. The minimum atomic E-state index is -1.03. The Hall–Kier alpha value is -0.420. The second-order valence-corrected chi connectivity index (χ2v) is 5.60. The van der Waals surface area contributed by atoms with E-state index >= 15 is 0 Å². The van der Waals surface area contributed by atoms with Gasteiger partial charge in [0.05, 0.1) is 0 Å². The lowest BCUT2D eigenvalue weighted by atomic mass is 10.3. The molecule has 15 heavy (non-hydrogen) atoms. The molecule has 0 aromatic rings. The van der Waals surface area contributed by atoms with Crippen LogP contribution in [0.25, 0.3) is 0 Å². The summed E-state index contributed by atoms with van der Waals surface area (Å²) in [6, 6.07) is 0. The summed E-state index contributed by atoms with van der Waals surface area (Å²) in [6.45, 7) is 5.22. The van der Waals surface area contributed by atoms with Crippen molar-refractivity contribution in [3.8, 4) is 0 Å². The van der Waals surface area contributed by atoms with Gasteiger partial charge in [0, 0.05) is 30.1 Å². The van der Waals surface area contributed by atoms with E-state index < -0.39 is 10.8 Å². The Morgan fingerprint density at radius 1 is 1.47 bits per heavy atom. The van der Waals surface area contributed by atoms with E-state index in [2.05, 4.69) is 0 Å². The van der Waals surface area contributed by atoms with Gasteiger partial charge in [0.25, 0.3) is 0 Å². The molecule has 0 fully saturated rings. The summed E-state index contributed by atoms with van der Waals surface area (Å²) in [5, 5.41) is 0. The van der Waals surface area contributed by atoms with E-state index in [-0.39, 0.29) is 11.7 Å². The molecule has 0 aliphatic carbocycles. The summed E-state index contributed by atoms with van der Waals surface area (Å²) >= 11 is 0. The van der Waals surface area contributed by atoms with Crippen LogP contribution in [0.4, 0.5) is 0 Å². The van der Waals surface area contributed by atoms with Gasteiger partial charge in [0.1, 0.15) is 5.75 Å². The van der Waals surface area contributed by atoms with E-state index in [0.29, 0.717) is 24.8 Å². The molecule has 0 aromatic carbocycles. The Labute approximate surface area is 94.7 Å². The van der Waals surface area contributed by atoms with Crippen molar-refractivity contribution in [2.45, 2.75) is 20.3 Å². The molecule has 90 valence electrons. The minimum absolute atomic E-state index is 0.0533. The topological polar surface area (TPSA) is 63.4 Å². The van der Waals surface area contributed by atoms with Crippen LogP contribution in [-0.2, 0) is 15.6 Å². The van der Waals surface area contributed by atoms with Crippen LogP contribution in [0.5, 0.6) is 0 Å². The highest BCUT2D eigenvalue weighted by molar-refractivity contribution is 7.85. The summed E-state index contributed by atoms with van der Waals surface area (Å²) in [5.74, 6) is 1.05. The molecule has 1 amide bonds. The predicted octanol–water partition coefficient (Wildman–Crippen LogP) is 0.198. The van der Waals surface area contributed by atoms with Gasteiger partial charge in [-0.2, -0.15) is 0 Å². The third-order valence-corrected chi connectivity index (χ3v) is 3.53. The maximum absolute atomic E-state index is 11.5. The molecule has 0 saturated carbocycles. The van der Waals surface area contributed by atoms with Gasteiger partial charge < -0.3 is 10.6 Å². The summed E-state index contributed by atoms with van der Waals surface area (Å²) in [5.41, 5.74) is 5.35. The molecule has 2 N–H and O–H groups in total. The lowest BCUT2D eigenvalue weighted by molar-refractivity contribution is -0.127. The zero-order chi connectivity index (χ0) is 11.8. The number of amides is 1. The van der Waals surface area contributed by atoms with Crippen LogP contribution in [0.3, 0.4) is 0 Å². The van der Waals surface area contributed by atoms with E-state index in [0.717, 1.165) is 6.42 Å². The molecule has 5 heteroatoms. The molecule has 0 rings (SSSR count). The second-order valence-electron chi connectivity index (χ2n) is 4.10. The molecule has 0 aromatic heterocycles. The zero-order valence-electron chi connectivity index (χ0n) is 9.86. The smallest absolute Gasteiger partial charge is 0.234 e. The van der Waals surface area contributed by atoms with Gasteiger partial charge in [-0.05, 0) is 18.9 Å². The highest BCUT2D eigenvalue weighted by Gasteiger charge is 2.13. The molecule has 0 aliphatic rings. The van der Waals surface area contributed by atoms with E-state index in [1.165, 1.54) is 0 Å². The number of hydrogen-bond donors (Lipinski definition) is 1. The third-order valence-electron chi connectivity index (χ3n) is 1.93. The predicted molar refractivity (Wildman–Crippen MR) is 64.0 cm³/mol. The van der Waals surface area contributed by atoms with Crippen molar-refractivity contribution in [3.63, 3.8) is 0 Å². The van der Waals surface area contributed by atoms with Gasteiger partial charge in [0.2, 0.25) is 5.91 Å². The van der Waals surface area contributed by atoms with Gasteiger partial charge in [-0.3, -0.25) is 9.00 Å². The highest BCUT2D eigenvalue weighted by atomic mass is 32.2. The normalized spacial score (nSPS) is 12.9. The average molecular weight is 234 g/mol. The Morgan fingerprint density at radius 2 is 2.07 bits per heavy atom. The van der Waals surface area contributed by atoms with Crippen molar-refractivity contribution in [3.05, 3.63) is 0 Å². The quantitative estimate of drug-likeness (QED) is 0.684. The van der Waals surface area contributed by atoms with Gasteiger partial charge in [-0.1, -0.05) is 13.8 Å². The highest BCUT2D eigenvalue weighted by Crippen LogP contribution is 1.98. The van der Waals surface area contributed by atoms with E-state index in [1.54, 1.807) is 11.9 Å². The van der Waals surface area contributed by atoms with Crippen molar-refractivity contribution < 1.29 is 9.00 Å². The number of nitrogens with two attached hydrogens (primary N) is 1. The molecule has 1 unspecified atom stereocenters. The van der Waals surface area contributed by atoms with Crippen LogP contribution >= 0.6 is 0 Å². The maximum atomic E-state index is 11.5. The van der Waals surface area contributed by atoms with Crippen LogP contribution < -0.4 is 5.73 Å². The Bertz CT molecular complexity index is 219. The number of carbonyl (C=O) groups is 1. The van der Waals surface area contributed by atoms with Crippen LogP contribution in [-0.4, -0.2) is 46.7 Å². The number of carbonyl (C=O) groups excluding carboxylic acids is 1. The van der Waals surface area contributed by atoms with Gasteiger partial charge in [-0.15, -0.1) is 0 Å². The molecule has 1 atom stereocenters. The first-order chi connectivity index (χ1) is 6.97. The lowest BCUT2D eigenvalue weighted by Gasteiger charge is -2.16. The number of nitrogens with zero attached hydrogens (tertiary/aromatic N) is 1. The second kappa shape index (κ2) is 7.82. The van der Waals surface area contributed by atoms with Crippen molar-refractivity contribution in [2.75, 3.05) is 31.6 Å². The maximum Gasteiger partial charge on any atom is 0.234 e. The Morgan fingerprint density at radius 3 is 2.53 bits per heavy atom. The summed E-state index contributed by atoms with van der Waals surface area (Å²) in [4.78, 5) is 13.1. The average Bonchev–Trinajstić information content (AvgIpc) is 2.12. The van der Waals surface area contributed by atoms with E-state index in [4.69, 9.17) is 5.73 Å². The first-order valence-electron chi connectivity index (χ1n) is 5.26. The number of hydrogen-bond acceptors (Lipinski definition) is 3. The fraction of sp³-hybridized carbons (Fsp3) is 0.900. The molecular weight excluding hydrogens is 212 g/mol. The fourth-order valence-corrected chi connectivity index (χ4v) is 2.49. The zero-order valence-corrected chi connectivity index (χ0v) is 10.7. The standard InChI is InChI=1S/C10H22N2O2S/c1-9(2)7-15(14)8-10(13)12(3)6-4-5-11/h9H,4-8,11H2,1-3H3. The molecule has 0 aliphatic heterocycles. The summed E-state index contributed by atoms with van der Waals surface area (Å²) in [6.07, 6.45) is 0.791. The van der Waals surface area contributed by atoms with E-state index in [9.17, 15) is 9.00 Å². The van der Waals surface area contributed by atoms with Crippen LogP contribution in [0.2, 0.25) is 0 Å². The van der Waals surface area contributed by atoms with Gasteiger partial charge in [-0.25, -0.2) is 0 Å². The fourth-order valence-electron chi connectivity index (χ4n) is 1.13. The van der Waals surface area contributed by atoms with Crippen molar-refractivity contribution in [1.82, 2.24) is 4.90 Å². The molecule has 0 bridgehead atoms. The third kappa shape index (κ3) is 7.50. The van der Waals surface area contributed by atoms with Crippen LogP contribution in [0.1, 0.15) is 20.3 Å². The molecule has 4 nitrogen and oxygen atoms in total. The lowest BCUT2D eigenvalue weighted by Crippen LogP contribution is -2.33. The number of rotatable bonds is 7. The van der Waals surface area contributed by atoms with Crippen molar-refractivity contribution in [1.29, 1.82) is 0 Å². The van der Waals surface area contributed by atoms with Crippen molar-refractivity contribution >= 4 is 16.7 Å². The van der Waals surface area contributed by atoms with Gasteiger partial charge >= 0.3 is 0 Å². The molecular formula is C10H22N2O2S. The summed E-state index contributed by atoms with van der Waals surface area (Å²) < 4.78 is 11.5. The minimum Gasteiger partial charge on any atom is -0.345 e. The monoisotopic (exact) mass is 234 g/mol. The molecule has 0 saturated heterocycles.